The van der Waals surface area contributed by atoms with Gasteiger partial charge in [-0.1, -0.05) is 24.3 Å². The van der Waals surface area contributed by atoms with Gasteiger partial charge >= 0.3 is 0 Å². The summed E-state index contributed by atoms with van der Waals surface area (Å²) in [4.78, 5) is 6.70. The Kier molecular flexibility index (Phi) is 5.43. The highest BCUT2D eigenvalue weighted by atomic mass is 16.5. The third-order valence-corrected chi connectivity index (χ3v) is 3.19. The van der Waals surface area contributed by atoms with Crippen molar-refractivity contribution in [3.05, 3.63) is 42.5 Å². The van der Waals surface area contributed by atoms with Crippen molar-refractivity contribution >= 4 is 11.6 Å². The first kappa shape index (κ1) is 14.4. The van der Waals surface area contributed by atoms with Gasteiger partial charge in [0, 0.05) is 25.3 Å². The van der Waals surface area contributed by atoms with E-state index in [2.05, 4.69) is 40.0 Å². The van der Waals surface area contributed by atoms with Crippen LogP contribution in [0.1, 0.15) is 5.56 Å². The lowest BCUT2D eigenvalue weighted by atomic mass is 10.1. The number of nitrogens with two attached hydrogens (primary N) is 1. The molecule has 1 aromatic rings. The number of morpholine rings is 1. The molecule has 1 heterocycles. The van der Waals surface area contributed by atoms with Crippen molar-refractivity contribution in [3.63, 3.8) is 0 Å². The number of nitrogens with zero attached hydrogens (tertiary/aromatic N) is 2. The fraction of sp³-hybridized carbons (Fsp3) is 0.400. The first-order valence-corrected chi connectivity index (χ1v) is 6.86. The van der Waals surface area contributed by atoms with E-state index in [1.807, 2.05) is 6.07 Å². The zero-order valence-corrected chi connectivity index (χ0v) is 11.7. The van der Waals surface area contributed by atoms with Crippen LogP contribution in [0.15, 0.2) is 41.9 Å². The molecule has 0 saturated carbocycles. The summed E-state index contributed by atoms with van der Waals surface area (Å²) in [6.07, 6.45) is 1.75. The van der Waals surface area contributed by atoms with Crippen LogP contribution in [0, 0.1) is 0 Å². The van der Waals surface area contributed by atoms with E-state index in [1.54, 1.807) is 6.08 Å². The van der Waals surface area contributed by atoms with E-state index in [-0.39, 0.29) is 0 Å². The molecule has 2 rings (SSSR count). The lowest BCUT2D eigenvalue weighted by Gasteiger charge is -2.30. The van der Waals surface area contributed by atoms with Gasteiger partial charge in [0.15, 0.2) is 5.96 Å². The molecule has 0 amide bonds. The second kappa shape index (κ2) is 7.55. The van der Waals surface area contributed by atoms with Crippen LogP contribution in [0.4, 0.5) is 5.69 Å². The van der Waals surface area contributed by atoms with Gasteiger partial charge in [-0.15, -0.1) is 6.58 Å². The van der Waals surface area contributed by atoms with Crippen molar-refractivity contribution in [2.24, 2.45) is 10.7 Å². The second-order valence-corrected chi connectivity index (χ2v) is 4.60. The van der Waals surface area contributed by atoms with E-state index in [1.165, 1.54) is 11.3 Å². The maximum absolute atomic E-state index is 5.79. The quantitative estimate of drug-likeness (QED) is 0.480. The molecule has 3 N–H and O–H groups in total. The van der Waals surface area contributed by atoms with E-state index in [0.29, 0.717) is 19.0 Å². The highest BCUT2D eigenvalue weighted by molar-refractivity contribution is 5.78. The summed E-state index contributed by atoms with van der Waals surface area (Å²) in [7, 11) is 0. The minimum Gasteiger partial charge on any atom is -0.378 e. The van der Waals surface area contributed by atoms with Crippen LogP contribution in [0.2, 0.25) is 0 Å². The number of hydrogen-bond acceptors (Lipinski definition) is 3. The van der Waals surface area contributed by atoms with Gasteiger partial charge < -0.3 is 20.7 Å². The fourth-order valence-corrected chi connectivity index (χ4v) is 2.16. The maximum Gasteiger partial charge on any atom is 0.189 e. The van der Waals surface area contributed by atoms with Gasteiger partial charge in [0.05, 0.1) is 19.8 Å². The number of guanidine groups is 1. The van der Waals surface area contributed by atoms with Crippen molar-refractivity contribution < 1.29 is 4.74 Å². The molecule has 20 heavy (non-hydrogen) atoms. The zero-order valence-electron chi connectivity index (χ0n) is 11.7. The Morgan fingerprint density at radius 3 is 2.90 bits per heavy atom. The maximum atomic E-state index is 5.79. The Bertz CT molecular complexity index is 467. The summed E-state index contributed by atoms with van der Waals surface area (Å²) in [5.74, 6) is 0.446. The highest BCUT2D eigenvalue weighted by Crippen LogP contribution is 2.22. The first-order valence-electron chi connectivity index (χ1n) is 6.86. The third-order valence-electron chi connectivity index (χ3n) is 3.19. The SMILES string of the molecule is C=CCNC(N)=NCc1ccccc1N1CCOCC1. The molecule has 0 unspecified atom stereocenters. The lowest BCUT2D eigenvalue weighted by Crippen LogP contribution is -2.36. The molecule has 5 nitrogen and oxygen atoms in total. The van der Waals surface area contributed by atoms with Gasteiger partial charge in [-0.05, 0) is 11.6 Å². The Morgan fingerprint density at radius 2 is 2.15 bits per heavy atom. The molecule has 1 aromatic carbocycles. The molecule has 0 atom stereocenters. The molecule has 1 aliphatic rings. The van der Waals surface area contributed by atoms with Crippen LogP contribution in [0.5, 0.6) is 0 Å². The number of para-hydroxylation sites is 1. The second-order valence-electron chi connectivity index (χ2n) is 4.60. The number of ether oxygens (including phenoxy) is 1. The molecule has 0 aliphatic carbocycles. The summed E-state index contributed by atoms with van der Waals surface area (Å²) in [6.45, 7) is 8.23. The average Bonchev–Trinajstić information content (AvgIpc) is 2.52. The molecule has 1 saturated heterocycles. The average molecular weight is 274 g/mol. The molecule has 0 radical (unpaired) electrons. The fourth-order valence-electron chi connectivity index (χ4n) is 2.16. The standard InChI is InChI=1S/C15H22N4O/c1-2-7-17-15(16)18-12-13-5-3-4-6-14(13)19-8-10-20-11-9-19/h2-6H,1,7-12H2,(H3,16,17,18). The molecule has 0 aromatic heterocycles. The minimum atomic E-state index is 0.446. The van der Waals surface area contributed by atoms with E-state index in [0.717, 1.165) is 26.3 Å². The molecule has 0 bridgehead atoms. The monoisotopic (exact) mass is 274 g/mol. The number of nitrogens with one attached hydrogen (secondary N) is 1. The van der Waals surface area contributed by atoms with Crippen LogP contribution in [-0.2, 0) is 11.3 Å². The van der Waals surface area contributed by atoms with Crippen molar-refractivity contribution in [1.29, 1.82) is 0 Å². The predicted octanol–water partition coefficient (Wildman–Crippen LogP) is 1.11. The van der Waals surface area contributed by atoms with E-state index >= 15 is 0 Å². The normalized spacial score (nSPS) is 16.0. The summed E-state index contributed by atoms with van der Waals surface area (Å²) in [6, 6.07) is 8.30. The predicted molar refractivity (Wildman–Crippen MR) is 83.0 cm³/mol. The highest BCUT2D eigenvalue weighted by Gasteiger charge is 2.13. The molecular weight excluding hydrogens is 252 g/mol. The summed E-state index contributed by atoms with van der Waals surface area (Å²) >= 11 is 0. The Balaban J connectivity index is 2.05. The van der Waals surface area contributed by atoms with Gasteiger partial charge in [0.1, 0.15) is 0 Å². The van der Waals surface area contributed by atoms with Gasteiger partial charge in [0.25, 0.3) is 0 Å². The smallest absolute Gasteiger partial charge is 0.189 e. The van der Waals surface area contributed by atoms with Crippen molar-refractivity contribution in [3.8, 4) is 0 Å². The zero-order chi connectivity index (χ0) is 14.2. The van der Waals surface area contributed by atoms with Gasteiger partial charge in [0.2, 0.25) is 0 Å². The molecular formula is C15H22N4O. The summed E-state index contributed by atoms with van der Waals surface area (Å²) < 4.78 is 5.39. The van der Waals surface area contributed by atoms with E-state index < -0.39 is 0 Å². The van der Waals surface area contributed by atoms with Crippen LogP contribution in [0.3, 0.4) is 0 Å². The lowest BCUT2D eigenvalue weighted by molar-refractivity contribution is 0.122. The minimum absolute atomic E-state index is 0.446. The van der Waals surface area contributed by atoms with Gasteiger partial charge in [-0.3, -0.25) is 0 Å². The Morgan fingerprint density at radius 1 is 1.40 bits per heavy atom. The number of hydrogen-bond donors (Lipinski definition) is 2. The van der Waals surface area contributed by atoms with Crippen LogP contribution in [0.25, 0.3) is 0 Å². The number of benzene rings is 1. The van der Waals surface area contributed by atoms with Crippen molar-refractivity contribution in [2.45, 2.75) is 6.54 Å². The number of aliphatic imine (C=N–C) groups is 1. The van der Waals surface area contributed by atoms with E-state index in [9.17, 15) is 0 Å². The van der Waals surface area contributed by atoms with Crippen LogP contribution >= 0.6 is 0 Å². The first-order chi connectivity index (χ1) is 9.81. The van der Waals surface area contributed by atoms with Crippen molar-refractivity contribution in [1.82, 2.24) is 5.32 Å². The van der Waals surface area contributed by atoms with Gasteiger partial charge in [-0.25, -0.2) is 4.99 Å². The summed E-state index contributed by atoms with van der Waals surface area (Å²) in [5, 5.41) is 2.98. The molecule has 5 heteroatoms. The number of rotatable bonds is 5. The van der Waals surface area contributed by atoms with Gasteiger partial charge in [-0.2, -0.15) is 0 Å². The largest absolute Gasteiger partial charge is 0.378 e. The summed E-state index contributed by atoms with van der Waals surface area (Å²) in [5.41, 5.74) is 8.19. The topological polar surface area (TPSA) is 62.9 Å². The Hall–Kier alpha value is -2.01. The van der Waals surface area contributed by atoms with Crippen LogP contribution < -0.4 is 16.0 Å². The molecule has 1 fully saturated rings. The molecule has 0 spiro atoms. The van der Waals surface area contributed by atoms with E-state index in [4.69, 9.17) is 10.5 Å². The molecule has 1 aliphatic heterocycles. The van der Waals surface area contributed by atoms with Crippen molar-refractivity contribution in [2.75, 3.05) is 37.7 Å². The number of anilines is 1. The Labute approximate surface area is 120 Å². The van der Waals surface area contributed by atoms with Crippen LogP contribution in [-0.4, -0.2) is 38.8 Å². The molecule has 108 valence electrons. The third kappa shape index (κ3) is 3.99.